The highest BCUT2D eigenvalue weighted by Gasteiger charge is 2.26. The number of thiophene rings is 1. The first-order valence-electron chi connectivity index (χ1n) is 21.0. The Morgan fingerprint density at radius 1 is 0.230 bits per heavy atom. The molecule has 0 radical (unpaired) electrons. The van der Waals surface area contributed by atoms with Crippen molar-refractivity contribution in [3.8, 4) is 66.1 Å². The summed E-state index contributed by atoms with van der Waals surface area (Å²) in [6.07, 6.45) is 0. The normalized spacial score (nSPS) is 11.6. The fourth-order valence-corrected chi connectivity index (χ4v) is 11.2. The van der Waals surface area contributed by atoms with Gasteiger partial charge >= 0.3 is 0 Å². The third-order valence-corrected chi connectivity index (χ3v) is 13.7. The Morgan fingerprint density at radius 2 is 0.639 bits per heavy atom. The molecular weight excluding hydrogens is 753 g/mol. The monoisotopic (exact) mass is 790 g/mol. The second-order valence-corrected chi connectivity index (χ2v) is 16.9. The Labute approximate surface area is 359 Å². The molecule has 0 nitrogen and oxygen atoms in total. The average Bonchev–Trinajstić information content (AvgIpc) is 3.74. The summed E-state index contributed by atoms with van der Waals surface area (Å²) in [6, 6.07) is 84.9. The van der Waals surface area contributed by atoms with Crippen molar-refractivity contribution in [2.24, 2.45) is 0 Å². The molecule has 0 amide bonds. The zero-order valence-corrected chi connectivity index (χ0v) is 34.2. The van der Waals surface area contributed by atoms with Crippen molar-refractivity contribution in [1.29, 1.82) is 0 Å². The second-order valence-electron chi connectivity index (χ2n) is 15.9. The van der Waals surface area contributed by atoms with E-state index in [1.807, 2.05) is 11.3 Å². The van der Waals surface area contributed by atoms with Crippen LogP contribution in [0.4, 0.5) is 0 Å². The van der Waals surface area contributed by atoms with Crippen molar-refractivity contribution in [3.05, 3.63) is 231 Å². The lowest BCUT2D eigenvalue weighted by atomic mass is 9.83. The Morgan fingerprint density at radius 3 is 1.23 bits per heavy atom. The van der Waals surface area contributed by atoms with Gasteiger partial charge in [-0.25, -0.2) is 0 Å². The zero-order chi connectivity index (χ0) is 40.3. The Bertz CT molecular complexity index is 3560. The van der Waals surface area contributed by atoms with Crippen LogP contribution in [0.25, 0.3) is 119 Å². The quantitative estimate of drug-likeness (QED) is 0.147. The molecule has 0 atom stereocenters. The SMILES string of the molecule is c1ccc(-c2sc3c(-c4ccccc4)c(-c4cccc(-c5c6ccccc6c(-c6ccccc6)c6ccccc56)c4)c4ccccc4c3c2-c2ccc3ccccc3c2)cc1. The van der Waals surface area contributed by atoms with Crippen LogP contribution in [0.3, 0.4) is 0 Å². The van der Waals surface area contributed by atoms with Crippen LogP contribution in [-0.4, -0.2) is 0 Å². The van der Waals surface area contributed by atoms with Gasteiger partial charge < -0.3 is 0 Å². The van der Waals surface area contributed by atoms with Crippen molar-refractivity contribution in [2.75, 3.05) is 0 Å². The third-order valence-electron chi connectivity index (χ3n) is 12.4. The van der Waals surface area contributed by atoms with Crippen LogP contribution in [0.1, 0.15) is 0 Å². The highest BCUT2D eigenvalue weighted by atomic mass is 32.1. The van der Waals surface area contributed by atoms with Crippen molar-refractivity contribution < 1.29 is 0 Å². The topological polar surface area (TPSA) is 0 Å². The molecule has 61 heavy (non-hydrogen) atoms. The average molecular weight is 791 g/mol. The van der Waals surface area contributed by atoms with Crippen LogP contribution >= 0.6 is 11.3 Å². The predicted molar refractivity (Wildman–Crippen MR) is 264 cm³/mol. The molecule has 0 aliphatic carbocycles. The van der Waals surface area contributed by atoms with Crippen LogP contribution in [0.5, 0.6) is 0 Å². The summed E-state index contributed by atoms with van der Waals surface area (Å²) in [5, 5.41) is 11.4. The number of hydrogen-bond acceptors (Lipinski definition) is 1. The summed E-state index contributed by atoms with van der Waals surface area (Å²) in [7, 11) is 0. The molecule has 284 valence electrons. The largest absolute Gasteiger partial charge is 0.134 e. The maximum atomic E-state index is 2.45. The van der Waals surface area contributed by atoms with E-state index in [0.29, 0.717) is 0 Å². The van der Waals surface area contributed by atoms with E-state index >= 15 is 0 Å². The molecule has 0 bridgehead atoms. The molecule has 11 aromatic carbocycles. The standard InChI is InChI=1S/C60H38S/c1-4-20-40(21-5-1)53-47-29-12-14-31-49(47)54(50-32-15-13-30-48(50)53)44-27-18-28-45(38-44)55-51-33-16-17-34-52(51)58-57(46-36-35-39-19-10-11-26-43(39)37-46)59(42-24-8-3-9-25-42)61-60(58)56(55)41-22-6-2-7-23-41/h1-38H. The van der Waals surface area contributed by atoms with Crippen LogP contribution < -0.4 is 0 Å². The van der Waals surface area contributed by atoms with Crippen molar-refractivity contribution in [1.82, 2.24) is 0 Å². The summed E-state index contributed by atoms with van der Waals surface area (Å²) in [4.78, 5) is 1.29. The molecule has 12 rings (SSSR count). The van der Waals surface area contributed by atoms with Crippen LogP contribution in [-0.2, 0) is 0 Å². The minimum Gasteiger partial charge on any atom is -0.134 e. The first kappa shape index (κ1) is 35.4. The molecule has 0 saturated carbocycles. The minimum atomic E-state index is 1.21. The first-order chi connectivity index (χ1) is 30.3. The van der Waals surface area contributed by atoms with E-state index in [9.17, 15) is 0 Å². The lowest BCUT2D eigenvalue weighted by molar-refractivity contribution is 1.62. The fraction of sp³-hybridized carbons (Fsp3) is 0. The highest BCUT2D eigenvalue weighted by molar-refractivity contribution is 7.24. The van der Waals surface area contributed by atoms with E-state index in [4.69, 9.17) is 0 Å². The van der Waals surface area contributed by atoms with Crippen molar-refractivity contribution in [3.63, 3.8) is 0 Å². The van der Waals surface area contributed by atoms with Gasteiger partial charge in [0.1, 0.15) is 0 Å². The van der Waals surface area contributed by atoms with Gasteiger partial charge in [0.25, 0.3) is 0 Å². The molecule has 0 saturated heterocycles. The van der Waals surface area contributed by atoms with E-state index in [0.717, 1.165) is 0 Å². The van der Waals surface area contributed by atoms with E-state index in [-0.39, 0.29) is 0 Å². The number of benzene rings is 11. The molecule has 12 aromatic rings. The maximum absolute atomic E-state index is 2.45. The first-order valence-corrected chi connectivity index (χ1v) is 21.8. The Kier molecular flexibility index (Phi) is 8.47. The summed E-state index contributed by atoms with van der Waals surface area (Å²) >= 11 is 1.93. The summed E-state index contributed by atoms with van der Waals surface area (Å²) in [6.45, 7) is 0. The molecule has 1 aromatic heterocycles. The van der Waals surface area contributed by atoms with Gasteiger partial charge in [0.2, 0.25) is 0 Å². The molecule has 0 spiro atoms. The second kappa shape index (κ2) is 14.6. The smallest absolute Gasteiger partial charge is 0.0446 e. The van der Waals surface area contributed by atoms with Crippen LogP contribution in [0, 0.1) is 0 Å². The van der Waals surface area contributed by atoms with Crippen molar-refractivity contribution in [2.45, 2.75) is 0 Å². The molecule has 0 aliphatic heterocycles. The van der Waals surface area contributed by atoms with Gasteiger partial charge in [-0.1, -0.05) is 218 Å². The molecular formula is C60H38S. The summed E-state index contributed by atoms with van der Waals surface area (Å²) in [5.74, 6) is 0. The molecule has 1 heteroatoms. The lowest BCUT2D eigenvalue weighted by Crippen LogP contribution is -1.93. The molecule has 0 N–H and O–H groups in total. The number of rotatable bonds is 6. The van der Waals surface area contributed by atoms with Gasteiger partial charge in [0, 0.05) is 26.1 Å². The molecule has 0 fully saturated rings. The summed E-state index contributed by atoms with van der Waals surface area (Å²) in [5.41, 5.74) is 13.7. The van der Waals surface area contributed by atoms with Gasteiger partial charge in [0.05, 0.1) is 0 Å². The molecule has 0 unspecified atom stereocenters. The van der Waals surface area contributed by atoms with Gasteiger partial charge in [-0.05, 0) is 105 Å². The number of fused-ring (bicyclic) bond motifs is 6. The molecule has 1 heterocycles. The maximum Gasteiger partial charge on any atom is 0.0446 e. The third kappa shape index (κ3) is 5.81. The molecule has 0 aliphatic rings. The van der Waals surface area contributed by atoms with E-state index in [2.05, 4.69) is 231 Å². The number of hydrogen-bond donors (Lipinski definition) is 0. The Balaban J connectivity index is 1.19. The van der Waals surface area contributed by atoms with Gasteiger partial charge in [0.15, 0.2) is 0 Å². The zero-order valence-electron chi connectivity index (χ0n) is 33.3. The van der Waals surface area contributed by atoms with E-state index in [1.165, 1.54) is 119 Å². The predicted octanol–water partition coefficient (Wildman–Crippen LogP) is 17.5. The van der Waals surface area contributed by atoms with Crippen LogP contribution in [0.2, 0.25) is 0 Å². The van der Waals surface area contributed by atoms with Crippen LogP contribution in [0.15, 0.2) is 231 Å². The van der Waals surface area contributed by atoms with E-state index < -0.39 is 0 Å². The lowest BCUT2D eigenvalue weighted by Gasteiger charge is -2.20. The highest BCUT2D eigenvalue weighted by Crippen LogP contribution is 2.55. The Hall–Kier alpha value is -7.58. The fourth-order valence-electron chi connectivity index (χ4n) is 9.81. The summed E-state index contributed by atoms with van der Waals surface area (Å²) < 4.78 is 1.30. The van der Waals surface area contributed by atoms with E-state index in [1.54, 1.807) is 0 Å². The van der Waals surface area contributed by atoms with Crippen molar-refractivity contribution >= 4 is 64.5 Å². The van der Waals surface area contributed by atoms with Gasteiger partial charge in [-0.15, -0.1) is 11.3 Å². The van der Waals surface area contributed by atoms with Gasteiger partial charge in [-0.2, -0.15) is 0 Å². The minimum absolute atomic E-state index is 1.21. The van der Waals surface area contributed by atoms with Gasteiger partial charge in [-0.3, -0.25) is 0 Å².